The van der Waals surface area contributed by atoms with E-state index in [1.54, 1.807) is 36.4 Å². The number of imide groups is 1. The number of amides is 2. The maximum atomic E-state index is 13.0. The fourth-order valence-electron chi connectivity index (χ4n) is 3.75. The Balaban J connectivity index is 1.70. The van der Waals surface area contributed by atoms with Gasteiger partial charge in [0.1, 0.15) is 12.2 Å². The zero-order valence-electron chi connectivity index (χ0n) is 12.8. The Bertz CT molecular complexity index is 791. The molecule has 24 heavy (non-hydrogen) atoms. The lowest BCUT2D eigenvalue weighted by Crippen LogP contribution is -2.44. The molecule has 0 N–H and O–H groups in total. The van der Waals surface area contributed by atoms with Crippen LogP contribution in [0.4, 0.5) is 5.69 Å². The van der Waals surface area contributed by atoms with Crippen molar-refractivity contribution in [3.8, 4) is 0 Å². The molecular formula is C17H14ClNO5. The molecule has 0 saturated carbocycles. The largest absolute Gasteiger partial charge is 0.462 e. The molecule has 3 heterocycles. The van der Waals surface area contributed by atoms with Gasteiger partial charge in [-0.2, -0.15) is 0 Å². The highest BCUT2D eigenvalue weighted by Gasteiger charge is 2.68. The second-order valence-corrected chi connectivity index (χ2v) is 6.61. The minimum atomic E-state index is -1.07. The second-order valence-electron chi connectivity index (χ2n) is 6.17. The highest BCUT2D eigenvalue weighted by molar-refractivity contribution is 6.31. The first-order valence-electron chi connectivity index (χ1n) is 7.57. The third-order valence-electron chi connectivity index (χ3n) is 4.72. The van der Waals surface area contributed by atoms with E-state index >= 15 is 0 Å². The SMILES string of the molecule is CC(=O)OC[C@@]12C=C[C@@H](O1)[C@@H]1C(=O)N(c3cccc(Cl)c3)C(=O)[C@@H]12. The minimum absolute atomic E-state index is 0.0844. The van der Waals surface area contributed by atoms with E-state index in [4.69, 9.17) is 21.1 Å². The van der Waals surface area contributed by atoms with Crippen molar-refractivity contribution in [2.45, 2.75) is 18.6 Å². The standard InChI is InChI=1S/C17H14ClNO5/c1-9(20)23-8-17-6-5-12(24-17)13-14(17)16(22)19(15(13)21)11-4-2-3-10(18)7-11/h2-7,12-14H,8H2,1H3/t12-,13+,14-,17-/m1/s1. The van der Waals surface area contributed by atoms with Crippen LogP contribution in [0.2, 0.25) is 5.02 Å². The van der Waals surface area contributed by atoms with Gasteiger partial charge in [0.2, 0.25) is 11.8 Å². The quantitative estimate of drug-likeness (QED) is 0.473. The molecule has 6 nitrogen and oxygen atoms in total. The highest BCUT2D eigenvalue weighted by Crippen LogP contribution is 2.52. The first-order chi connectivity index (χ1) is 11.4. The van der Waals surface area contributed by atoms with Crippen molar-refractivity contribution in [3.63, 3.8) is 0 Å². The predicted octanol–water partition coefficient (Wildman–Crippen LogP) is 1.72. The summed E-state index contributed by atoms with van der Waals surface area (Å²) in [6.45, 7) is 1.21. The predicted molar refractivity (Wildman–Crippen MR) is 84.3 cm³/mol. The summed E-state index contributed by atoms with van der Waals surface area (Å²) in [6.07, 6.45) is 3.01. The third kappa shape index (κ3) is 2.03. The van der Waals surface area contributed by atoms with Gasteiger partial charge in [0.25, 0.3) is 0 Å². The van der Waals surface area contributed by atoms with Crippen molar-refractivity contribution in [2.75, 3.05) is 11.5 Å². The molecule has 4 atom stereocenters. The van der Waals surface area contributed by atoms with E-state index in [1.807, 2.05) is 0 Å². The van der Waals surface area contributed by atoms with Crippen LogP contribution in [0.15, 0.2) is 36.4 Å². The Morgan fingerprint density at radius 3 is 2.88 bits per heavy atom. The average Bonchev–Trinajstić information content (AvgIpc) is 3.16. The number of carbonyl (C=O) groups excluding carboxylic acids is 3. The van der Waals surface area contributed by atoms with Gasteiger partial charge in [0.15, 0.2) is 0 Å². The molecule has 2 saturated heterocycles. The summed E-state index contributed by atoms with van der Waals surface area (Å²) in [5.41, 5.74) is -0.630. The number of nitrogens with zero attached hydrogens (tertiary/aromatic N) is 1. The number of rotatable bonds is 3. The minimum Gasteiger partial charge on any atom is -0.462 e. The van der Waals surface area contributed by atoms with Gasteiger partial charge in [-0.05, 0) is 24.3 Å². The van der Waals surface area contributed by atoms with E-state index in [0.29, 0.717) is 10.7 Å². The molecule has 0 radical (unpaired) electrons. The zero-order chi connectivity index (χ0) is 17.1. The number of anilines is 1. The highest BCUT2D eigenvalue weighted by atomic mass is 35.5. The summed E-state index contributed by atoms with van der Waals surface area (Å²) >= 11 is 5.98. The molecule has 0 unspecified atom stereocenters. The number of halogens is 1. The molecule has 0 spiro atoms. The molecule has 0 aliphatic carbocycles. The van der Waals surface area contributed by atoms with Crippen LogP contribution in [0.3, 0.4) is 0 Å². The van der Waals surface area contributed by atoms with Crippen LogP contribution < -0.4 is 4.90 Å². The smallest absolute Gasteiger partial charge is 0.302 e. The molecule has 1 aromatic rings. The van der Waals surface area contributed by atoms with E-state index in [1.165, 1.54) is 6.92 Å². The Labute approximate surface area is 143 Å². The number of carbonyl (C=O) groups is 3. The van der Waals surface area contributed by atoms with Gasteiger partial charge in [-0.1, -0.05) is 23.7 Å². The Kier molecular flexibility index (Phi) is 3.30. The van der Waals surface area contributed by atoms with Gasteiger partial charge in [-0.3, -0.25) is 14.4 Å². The lowest BCUT2D eigenvalue weighted by Gasteiger charge is -2.28. The molecule has 7 heteroatoms. The van der Waals surface area contributed by atoms with E-state index < -0.39 is 29.5 Å². The van der Waals surface area contributed by atoms with Crippen LogP contribution >= 0.6 is 11.6 Å². The lowest BCUT2D eigenvalue weighted by molar-refractivity contribution is -0.150. The molecule has 124 valence electrons. The van der Waals surface area contributed by atoms with E-state index in [-0.39, 0.29) is 18.4 Å². The van der Waals surface area contributed by atoms with Crippen LogP contribution in [0, 0.1) is 11.8 Å². The number of hydrogen-bond donors (Lipinski definition) is 0. The summed E-state index contributed by atoms with van der Waals surface area (Å²) in [5.74, 6) is -2.43. The van der Waals surface area contributed by atoms with Crippen molar-refractivity contribution in [2.24, 2.45) is 11.8 Å². The van der Waals surface area contributed by atoms with Crippen molar-refractivity contribution >= 4 is 35.1 Å². The van der Waals surface area contributed by atoms with Crippen LogP contribution in [-0.4, -0.2) is 36.1 Å². The summed E-state index contributed by atoms with van der Waals surface area (Å²) in [7, 11) is 0. The molecule has 3 aliphatic rings. The first-order valence-corrected chi connectivity index (χ1v) is 7.95. The van der Waals surface area contributed by atoms with Gasteiger partial charge in [-0.25, -0.2) is 4.90 Å². The van der Waals surface area contributed by atoms with Crippen LogP contribution in [0.25, 0.3) is 0 Å². The third-order valence-corrected chi connectivity index (χ3v) is 4.96. The molecule has 4 rings (SSSR count). The number of hydrogen-bond acceptors (Lipinski definition) is 5. The molecule has 2 fully saturated rings. The van der Waals surface area contributed by atoms with Crippen LogP contribution in [0.5, 0.6) is 0 Å². The maximum Gasteiger partial charge on any atom is 0.302 e. The number of ether oxygens (including phenoxy) is 2. The molecule has 3 aliphatic heterocycles. The Morgan fingerprint density at radius 1 is 1.38 bits per heavy atom. The van der Waals surface area contributed by atoms with Gasteiger partial charge in [0.05, 0.1) is 23.6 Å². The number of benzene rings is 1. The fraction of sp³-hybridized carbons (Fsp3) is 0.353. The van der Waals surface area contributed by atoms with E-state index in [0.717, 1.165) is 4.90 Å². The lowest BCUT2D eigenvalue weighted by atomic mass is 9.77. The second kappa shape index (κ2) is 5.16. The molecule has 2 bridgehead atoms. The maximum absolute atomic E-state index is 13.0. The van der Waals surface area contributed by atoms with E-state index in [2.05, 4.69) is 0 Å². The molecule has 0 aromatic heterocycles. The number of esters is 1. The fourth-order valence-corrected chi connectivity index (χ4v) is 3.94. The molecule has 1 aromatic carbocycles. The van der Waals surface area contributed by atoms with Crippen LogP contribution in [-0.2, 0) is 23.9 Å². The average molecular weight is 348 g/mol. The number of fused-ring (bicyclic) bond motifs is 5. The summed E-state index contributed by atoms with van der Waals surface area (Å²) in [4.78, 5) is 38.1. The van der Waals surface area contributed by atoms with Crippen molar-refractivity contribution < 1.29 is 23.9 Å². The van der Waals surface area contributed by atoms with Gasteiger partial charge in [0, 0.05) is 11.9 Å². The van der Waals surface area contributed by atoms with Crippen LogP contribution in [0.1, 0.15) is 6.92 Å². The Hall–Kier alpha value is -2.18. The summed E-state index contributed by atoms with van der Waals surface area (Å²) in [5, 5.41) is 0.442. The van der Waals surface area contributed by atoms with Crippen molar-refractivity contribution in [1.82, 2.24) is 0 Å². The van der Waals surface area contributed by atoms with Crippen molar-refractivity contribution in [3.05, 3.63) is 41.4 Å². The first kappa shape index (κ1) is 15.4. The Morgan fingerprint density at radius 2 is 2.17 bits per heavy atom. The van der Waals surface area contributed by atoms with Gasteiger partial charge in [-0.15, -0.1) is 0 Å². The topological polar surface area (TPSA) is 72.9 Å². The molecule has 2 amide bonds. The van der Waals surface area contributed by atoms with Gasteiger partial charge < -0.3 is 9.47 Å². The van der Waals surface area contributed by atoms with Crippen molar-refractivity contribution in [1.29, 1.82) is 0 Å². The zero-order valence-corrected chi connectivity index (χ0v) is 13.5. The normalized spacial score (nSPS) is 33.2. The monoisotopic (exact) mass is 347 g/mol. The summed E-state index contributed by atoms with van der Waals surface area (Å²) < 4.78 is 10.9. The summed E-state index contributed by atoms with van der Waals surface area (Å²) in [6, 6.07) is 6.60. The van der Waals surface area contributed by atoms with E-state index in [9.17, 15) is 14.4 Å². The molecular weight excluding hydrogens is 334 g/mol. The van der Waals surface area contributed by atoms with Gasteiger partial charge >= 0.3 is 5.97 Å².